The Hall–Kier alpha value is -1.62. The van der Waals surface area contributed by atoms with Gasteiger partial charge in [-0.2, -0.15) is 0 Å². The molecule has 1 aromatic carbocycles. The van der Waals surface area contributed by atoms with Crippen LogP contribution in [0.15, 0.2) is 24.3 Å². The zero-order valence-electron chi connectivity index (χ0n) is 10.9. The lowest BCUT2D eigenvalue weighted by molar-refractivity contribution is -0.145. The van der Waals surface area contributed by atoms with E-state index in [2.05, 4.69) is 4.90 Å². The Labute approximate surface area is 111 Å². The molecule has 2 rings (SSSR count). The standard InChI is InChI=1S/C14H18FNO3/c1-10(14(17)18)11-8-16(9-11)6-7-19-13-4-2-12(15)3-5-13/h2-5,10-11H,6-9H2,1H3,(H,17,18). The van der Waals surface area contributed by atoms with Crippen molar-refractivity contribution in [2.45, 2.75) is 6.92 Å². The first-order valence-electron chi connectivity index (χ1n) is 6.40. The van der Waals surface area contributed by atoms with Crippen LogP contribution in [0.1, 0.15) is 6.92 Å². The smallest absolute Gasteiger partial charge is 0.306 e. The van der Waals surface area contributed by atoms with E-state index in [0.717, 1.165) is 19.6 Å². The highest BCUT2D eigenvalue weighted by Crippen LogP contribution is 2.23. The molecule has 1 aliphatic rings. The molecule has 0 aliphatic carbocycles. The van der Waals surface area contributed by atoms with E-state index in [4.69, 9.17) is 9.84 Å². The Balaban J connectivity index is 1.63. The number of carboxylic acid groups (broad SMARTS) is 1. The molecule has 5 heteroatoms. The summed E-state index contributed by atoms with van der Waals surface area (Å²) in [7, 11) is 0. The second kappa shape index (κ2) is 6.02. The third-order valence-corrected chi connectivity index (χ3v) is 3.57. The van der Waals surface area contributed by atoms with E-state index in [-0.39, 0.29) is 17.7 Å². The average Bonchev–Trinajstić information content (AvgIpc) is 2.33. The van der Waals surface area contributed by atoms with E-state index in [1.54, 1.807) is 19.1 Å². The molecule has 104 valence electrons. The summed E-state index contributed by atoms with van der Waals surface area (Å²) in [5.41, 5.74) is 0. The van der Waals surface area contributed by atoms with Crippen LogP contribution >= 0.6 is 0 Å². The summed E-state index contributed by atoms with van der Waals surface area (Å²) in [6, 6.07) is 5.93. The largest absolute Gasteiger partial charge is 0.492 e. The van der Waals surface area contributed by atoms with Gasteiger partial charge in [-0.3, -0.25) is 9.69 Å². The van der Waals surface area contributed by atoms with Gasteiger partial charge in [0, 0.05) is 19.6 Å². The number of hydrogen-bond acceptors (Lipinski definition) is 3. The van der Waals surface area contributed by atoms with Crippen LogP contribution in [0.4, 0.5) is 4.39 Å². The van der Waals surface area contributed by atoms with Gasteiger partial charge in [-0.1, -0.05) is 6.92 Å². The van der Waals surface area contributed by atoms with Crippen molar-refractivity contribution in [3.05, 3.63) is 30.1 Å². The molecule has 1 aliphatic heterocycles. The van der Waals surface area contributed by atoms with Crippen LogP contribution in [0.5, 0.6) is 5.75 Å². The molecule has 0 aromatic heterocycles. The SMILES string of the molecule is CC(C(=O)O)C1CN(CCOc2ccc(F)cc2)C1. The van der Waals surface area contributed by atoms with E-state index < -0.39 is 5.97 Å². The highest BCUT2D eigenvalue weighted by molar-refractivity contribution is 5.70. The Bertz CT molecular complexity index is 429. The molecule has 1 saturated heterocycles. The van der Waals surface area contributed by atoms with Crippen molar-refractivity contribution < 1.29 is 19.0 Å². The van der Waals surface area contributed by atoms with Gasteiger partial charge in [0.1, 0.15) is 18.2 Å². The fourth-order valence-electron chi connectivity index (χ4n) is 2.13. The van der Waals surface area contributed by atoms with Crippen molar-refractivity contribution in [3.8, 4) is 5.75 Å². The monoisotopic (exact) mass is 267 g/mol. The zero-order chi connectivity index (χ0) is 13.8. The van der Waals surface area contributed by atoms with Gasteiger partial charge in [0.05, 0.1) is 5.92 Å². The van der Waals surface area contributed by atoms with Gasteiger partial charge in [-0.05, 0) is 30.2 Å². The molecule has 1 aromatic rings. The van der Waals surface area contributed by atoms with Gasteiger partial charge >= 0.3 is 5.97 Å². The van der Waals surface area contributed by atoms with Crippen LogP contribution in [-0.2, 0) is 4.79 Å². The number of rotatable bonds is 6. The Morgan fingerprint density at radius 2 is 2.11 bits per heavy atom. The molecule has 0 radical (unpaired) electrons. The second-order valence-corrected chi connectivity index (χ2v) is 4.95. The average molecular weight is 267 g/mol. The molecule has 0 spiro atoms. The van der Waals surface area contributed by atoms with Crippen LogP contribution in [0.3, 0.4) is 0 Å². The predicted molar refractivity (Wildman–Crippen MR) is 68.6 cm³/mol. The normalized spacial score (nSPS) is 17.8. The third kappa shape index (κ3) is 3.67. The molecule has 4 nitrogen and oxygen atoms in total. The van der Waals surface area contributed by atoms with E-state index in [0.29, 0.717) is 12.4 Å². The lowest BCUT2D eigenvalue weighted by atomic mass is 9.87. The topological polar surface area (TPSA) is 49.8 Å². The van der Waals surface area contributed by atoms with Crippen LogP contribution in [0.25, 0.3) is 0 Å². The van der Waals surface area contributed by atoms with Gasteiger partial charge in [0.25, 0.3) is 0 Å². The maximum atomic E-state index is 12.7. The van der Waals surface area contributed by atoms with E-state index >= 15 is 0 Å². The number of nitrogens with zero attached hydrogens (tertiary/aromatic N) is 1. The van der Waals surface area contributed by atoms with E-state index in [9.17, 15) is 9.18 Å². The number of likely N-dealkylation sites (tertiary alicyclic amines) is 1. The zero-order valence-corrected chi connectivity index (χ0v) is 10.9. The Morgan fingerprint density at radius 3 is 2.68 bits per heavy atom. The molecule has 1 heterocycles. The molecule has 1 unspecified atom stereocenters. The minimum absolute atomic E-state index is 0.239. The summed E-state index contributed by atoms with van der Waals surface area (Å²) in [5.74, 6) is -0.400. The minimum Gasteiger partial charge on any atom is -0.492 e. The van der Waals surface area contributed by atoms with E-state index in [1.165, 1.54) is 12.1 Å². The lowest BCUT2D eigenvalue weighted by Crippen LogP contribution is -2.52. The van der Waals surface area contributed by atoms with Crippen LogP contribution in [0, 0.1) is 17.7 Å². The van der Waals surface area contributed by atoms with Gasteiger partial charge in [-0.15, -0.1) is 0 Å². The summed E-state index contributed by atoms with van der Waals surface area (Å²) in [6.45, 7) is 4.65. The van der Waals surface area contributed by atoms with E-state index in [1.807, 2.05) is 0 Å². The summed E-state index contributed by atoms with van der Waals surface area (Å²) in [6.07, 6.45) is 0. The number of aliphatic carboxylic acids is 1. The highest BCUT2D eigenvalue weighted by Gasteiger charge is 2.34. The number of ether oxygens (including phenoxy) is 1. The van der Waals surface area contributed by atoms with Gasteiger partial charge in [0.15, 0.2) is 0 Å². The van der Waals surface area contributed by atoms with Crippen molar-refractivity contribution in [2.24, 2.45) is 11.8 Å². The predicted octanol–water partition coefficient (Wildman–Crippen LogP) is 1.86. The molecule has 0 saturated carbocycles. The van der Waals surface area contributed by atoms with Gasteiger partial charge < -0.3 is 9.84 Å². The minimum atomic E-state index is -0.729. The van der Waals surface area contributed by atoms with Gasteiger partial charge in [-0.25, -0.2) is 4.39 Å². The Morgan fingerprint density at radius 1 is 1.47 bits per heavy atom. The molecular weight excluding hydrogens is 249 g/mol. The number of carboxylic acids is 1. The van der Waals surface area contributed by atoms with Crippen molar-refractivity contribution in [1.82, 2.24) is 4.90 Å². The molecule has 1 fully saturated rings. The van der Waals surface area contributed by atoms with Crippen LogP contribution in [0.2, 0.25) is 0 Å². The number of carbonyl (C=O) groups is 1. The second-order valence-electron chi connectivity index (χ2n) is 4.95. The molecule has 0 bridgehead atoms. The summed E-state index contributed by atoms with van der Waals surface area (Å²) in [5, 5.41) is 8.88. The first kappa shape index (κ1) is 13.8. The first-order valence-corrected chi connectivity index (χ1v) is 6.40. The van der Waals surface area contributed by atoms with Crippen molar-refractivity contribution in [3.63, 3.8) is 0 Å². The molecular formula is C14H18FNO3. The van der Waals surface area contributed by atoms with Crippen molar-refractivity contribution in [2.75, 3.05) is 26.2 Å². The quantitative estimate of drug-likeness (QED) is 0.854. The van der Waals surface area contributed by atoms with Crippen LogP contribution < -0.4 is 4.74 Å². The first-order chi connectivity index (χ1) is 9.06. The van der Waals surface area contributed by atoms with Crippen molar-refractivity contribution >= 4 is 5.97 Å². The Kier molecular flexibility index (Phi) is 4.37. The summed E-state index contributed by atoms with van der Waals surface area (Å²) in [4.78, 5) is 13.0. The molecule has 1 N–H and O–H groups in total. The van der Waals surface area contributed by atoms with Crippen molar-refractivity contribution in [1.29, 1.82) is 0 Å². The maximum Gasteiger partial charge on any atom is 0.306 e. The fraction of sp³-hybridized carbons (Fsp3) is 0.500. The summed E-state index contributed by atoms with van der Waals surface area (Å²) >= 11 is 0. The maximum absolute atomic E-state index is 12.7. The molecule has 19 heavy (non-hydrogen) atoms. The number of hydrogen-bond donors (Lipinski definition) is 1. The molecule has 1 atom stereocenters. The van der Waals surface area contributed by atoms with Gasteiger partial charge in [0.2, 0.25) is 0 Å². The number of benzene rings is 1. The fourth-order valence-corrected chi connectivity index (χ4v) is 2.13. The lowest BCUT2D eigenvalue weighted by Gasteiger charge is -2.41. The molecule has 0 amide bonds. The third-order valence-electron chi connectivity index (χ3n) is 3.57. The number of halogens is 1. The highest BCUT2D eigenvalue weighted by atomic mass is 19.1. The summed E-state index contributed by atoms with van der Waals surface area (Å²) < 4.78 is 18.2. The van der Waals surface area contributed by atoms with Crippen LogP contribution in [-0.4, -0.2) is 42.2 Å².